The Morgan fingerprint density at radius 2 is 1.89 bits per heavy atom. The molecule has 0 aliphatic carbocycles. The summed E-state index contributed by atoms with van der Waals surface area (Å²) in [5, 5.41) is 7.20. The van der Waals surface area contributed by atoms with Crippen LogP contribution < -0.4 is 15.9 Å². The number of carbonyl (C=O) groups excluding carboxylic acids is 1. The van der Waals surface area contributed by atoms with E-state index in [-0.39, 0.29) is 18.1 Å². The molecule has 1 N–H and O–H groups in total. The third kappa shape index (κ3) is 3.61. The van der Waals surface area contributed by atoms with Crippen molar-refractivity contribution >= 4 is 23.1 Å². The first kappa shape index (κ1) is 18.2. The quantitative estimate of drug-likeness (QED) is 0.723. The van der Waals surface area contributed by atoms with E-state index in [4.69, 9.17) is 4.74 Å². The van der Waals surface area contributed by atoms with Crippen LogP contribution in [0.5, 0.6) is 0 Å². The van der Waals surface area contributed by atoms with E-state index in [1.807, 2.05) is 36.9 Å². The molecule has 1 fully saturated rings. The molecule has 3 aromatic rings. The van der Waals surface area contributed by atoms with Gasteiger partial charge in [-0.25, -0.2) is 18.9 Å². The van der Waals surface area contributed by atoms with E-state index < -0.39 is 0 Å². The molecule has 1 aromatic carbocycles. The molecule has 4 rings (SSSR count). The molecule has 0 bridgehead atoms. The highest BCUT2D eigenvalue weighted by atomic mass is 16.5. The van der Waals surface area contributed by atoms with Gasteiger partial charge in [0.15, 0.2) is 5.82 Å². The Hall–Kier alpha value is -3.20. The van der Waals surface area contributed by atoms with Crippen LogP contribution in [0.4, 0.5) is 11.5 Å². The minimum absolute atomic E-state index is 0.171. The van der Waals surface area contributed by atoms with Crippen LogP contribution in [-0.2, 0) is 16.1 Å². The number of fused-ring (bicyclic) bond motifs is 1. The summed E-state index contributed by atoms with van der Waals surface area (Å²) in [6.45, 7) is 6.33. The maximum absolute atomic E-state index is 12.7. The third-order valence-electron chi connectivity index (χ3n) is 4.59. The fourth-order valence-corrected chi connectivity index (χ4v) is 3.42. The minimum Gasteiger partial charge on any atom is -0.378 e. The number of hydrogen-bond acceptors (Lipinski definition) is 6. The smallest absolute Gasteiger partial charge is 0.350 e. The molecule has 28 heavy (non-hydrogen) atoms. The molecule has 0 unspecified atom stereocenters. The molecule has 2 aromatic heterocycles. The largest absolute Gasteiger partial charge is 0.378 e. The second kappa shape index (κ2) is 7.43. The van der Waals surface area contributed by atoms with E-state index in [0.717, 1.165) is 11.1 Å². The molecule has 1 aliphatic heterocycles. The minimum atomic E-state index is -0.373. The lowest BCUT2D eigenvalue weighted by molar-refractivity contribution is -0.117. The fourth-order valence-electron chi connectivity index (χ4n) is 3.42. The van der Waals surface area contributed by atoms with Gasteiger partial charge in [-0.1, -0.05) is 6.07 Å². The van der Waals surface area contributed by atoms with Crippen LogP contribution in [-0.4, -0.2) is 51.4 Å². The monoisotopic (exact) mass is 382 g/mol. The maximum atomic E-state index is 12.7. The van der Waals surface area contributed by atoms with Crippen LogP contribution >= 0.6 is 0 Å². The Balaban J connectivity index is 1.59. The van der Waals surface area contributed by atoms with Gasteiger partial charge < -0.3 is 15.0 Å². The number of ether oxygens (including phenoxy) is 1. The highest BCUT2D eigenvalue weighted by molar-refractivity contribution is 5.90. The molecule has 9 nitrogen and oxygen atoms in total. The Bertz CT molecular complexity index is 1060. The van der Waals surface area contributed by atoms with Crippen molar-refractivity contribution in [2.45, 2.75) is 20.4 Å². The van der Waals surface area contributed by atoms with E-state index in [1.165, 1.54) is 9.08 Å². The number of aryl methyl sites for hydroxylation is 2. The summed E-state index contributed by atoms with van der Waals surface area (Å²) in [4.78, 5) is 31.5. The van der Waals surface area contributed by atoms with Gasteiger partial charge in [-0.2, -0.15) is 0 Å². The predicted molar refractivity (Wildman–Crippen MR) is 105 cm³/mol. The molecule has 0 atom stereocenters. The zero-order valence-corrected chi connectivity index (χ0v) is 15.9. The average molecular weight is 382 g/mol. The number of benzene rings is 1. The molecule has 0 saturated carbocycles. The summed E-state index contributed by atoms with van der Waals surface area (Å²) < 4.78 is 7.96. The van der Waals surface area contributed by atoms with Crippen LogP contribution in [0, 0.1) is 13.8 Å². The molecule has 3 heterocycles. The van der Waals surface area contributed by atoms with Gasteiger partial charge in [0.25, 0.3) is 0 Å². The van der Waals surface area contributed by atoms with Crippen molar-refractivity contribution in [2.24, 2.45) is 0 Å². The number of hydrogen-bond donors (Lipinski definition) is 1. The SMILES string of the molecule is Cc1cc(C)cc(NC(=O)Cn2nc3c(N4CCOCC4)nccn3c2=O)c1. The van der Waals surface area contributed by atoms with E-state index in [2.05, 4.69) is 15.4 Å². The van der Waals surface area contributed by atoms with Crippen LogP contribution in [0.2, 0.25) is 0 Å². The van der Waals surface area contributed by atoms with Crippen molar-refractivity contribution in [3.05, 3.63) is 52.2 Å². The fraction of sp³-hybridized carbons (Fsp3) is 0.368. The molecule has 1 aliphatic rings. The zero-order chi connectivity index (χ0) is 19.7. The second-order valence-corrected chi connectivity index (χ2v) is 6.91. The van der Waals surface area contributed by atoms with Crippen molar-refractivity contribution in [3.8, 4) is 0 Å². The lowest BCUT2D eigenvalue weighted by atomic mass is 10.1. The van der Waals surface area contributed by atoms with Gasteiger partial charge >= 0.3 is 5.69 Å². The van der Waals surface area contributed by atoms with Gasteiger partial charge in [-0.05, 0) is 37.1 Å². The van der Waals surface area contributed by atoms with Gasteiger partial charge in [0, 0.05) is 31.2 Å². The van der Waals surface area contributed by atoms with Crippen LogP contribution in [0.1, 0.15) is 11.1 Å². The van der Waals surface area contributed by atoms with Crippen LogP contribution in [0.15, 0.2) is 35.4 Å². The van der Waals surface area contributed by atoms with Gasteiger partial charge in [-0.3, -0.25) is 4.79 Å². The number of rotatable bonds is 4. The summed E-state index contributed by atoms with van der Waals surface area (Å²) in [5.74, 6) is 0.313. The number of carbonyl (C=O) groups is 1. The molecule has 1 saturated heterocycles. The Morgan fingerprint density at radius 3 is 2.61 bits per heavy atom. The number of nitrogens with zero attached hydrogens (tertiary/aromatic N) is 5. The number of aromatic nitrogens is 4. The van der Waals surface area contributed by atoms with Crippen LogP contribution in [0.3, 0.4) is 0 Å². The summed E-state index contributed by atoms with van der Waals surface area (Å²) in [7, 11) is 0. The summed E-state index contributed by atoms with van der Waals surface area (Å²) in [6.07, 6.45) is 3.13. The number of anilines is 2. The molecule has 1 amide bonds. The molecular weight excluding hydrogens is 360 g/mol. The van der Waals surface area contributed by atoms with E-state index in [9.17, 15) is 9.59 Å². The number of amides is 1. The topological polar surface area (TPSA) is 93.8 Å². The number of nitrogens with one attached hydrogen (secondary N) is 1. The highest BCUT2D eigenvalue weighted by Gasteiger charge is 2.20. The zero-order valence-electron chi connectivity index (χ0n) is 15.9. The second-order valence-electron chi connectivity index (χ2n) is 6.91. The van der Waals surface area contributed by atoms with E-state index in [1.54, 1.807) is 12.4 Å². The number of morpholine rings is 1. The van der Waals surface area contributed by atoms with Crippen molar-refractivity contribution in [1.29, 1.82) is 0 Å². The third-order valence-corrected chi connectivity index (χ3v) is 4.59. The first-order chi connectivity index (χ1) is 13.5. The van der Waals surface area contributed by atoms with Gasteiger partial charge in [-0.15, -0.1) is 5.10 Å². The van der Waals surface area contributed by atoms with Crippen molar-refractivity contribution in [2.75, 3.05) is 36.5 Å². The van der Waals surface area contributed by atoms with Crippen molar-refractivity contribution in [3.63, 3.8) is 0 Å². The summed E-state index contributed by atoms with van der Waals surface area (Å²) in [5.41, 5.74) is 2.88. The van der Waals surface area contributed by atoms with Crippen LogP contribution in [0.25, 0.3) is 5.65 Å². The summed E-state index contributed by atoms with van der Waals surface area (Å²) in [6, 6.07) is 5.80. The lowest BCUT2D eigenvalue weighted by Crippen LogP contribution is -2.37. The Morgan fingerprint density at radius 1 is 1.18 bits per heavy atom. The Labute approximate surface area is 161 Å². The molecule has 0 spiro atoms. The van der Waals surface area contributed by atoms with E-state index >= 15 is 0 Å². The Kier molecular flexibility index (Phi) is 4.82. The molecule has 146 valence electrons. The highest BCUT2D eigenvalue weighted by Crippen LogP contribution is 2.17. The molecule has 0 radical (unpaired) electrons. The lowest BCUT2D eigenvalue weighted by Gasteiger charge is -2.27. The first-order valence-electron chi connectivity index (χ1n) is 9.16. The van der Waals surface area contributed by atoms with Crippen molar-refractivity contribution in [1.82, 2.24) is 19.2 Å². The normalized spacial score (nSPS) is 14.4. The predicted octanol–water partition coefficient (Wildman–Crippen LogP) is 0.983. The molecular formula is C19H22N6O3. The van der Waals surface area contributed by atoms with Crippen molar-refractivity contribution < 1.29 is 9.53 Å². The average Bonchev–Trinajstić information content (AvgIpc) is 2.97. The standard InChI is InChI=1S/C19H22N6O3/c1-13-9-14(2)11-15(10-13)21-16(26)12-25-19(27)24-4-3-20-17(18(24)22-25)23-5-7-28-8-6-23/h3-4,9-11H,5-8,12H2,1-2H3,(H,21,26). The first-order valence-corrected chi connectivity index (χ1v) is 9.16. The maximum Gasteiger partial charge on any atom is 0.350 e. The summed E-state index contributed by atoms with van der Waals surface area (Å²) >= 11 is 0. The van der Waals surface area contributed by atoms with E-state index in [0.29, 0.717) is 43.5 Å². The van der Waals surface area contributed by atoms with Gasteiger partial charge in [0.1, 0.15) is 6.54 Å². The van der Waals surface area contributed by atoms with Gasteiger partial charge in [0.2, 0.25) is 11.6 Å². The molecule has 9 heteroatoms. The van der Waals surface area contributed by atoms with Gasteiger partial charge in [0.05, 0.1) is 13.2 Å².